The Hall–Kier alpha value is -3.93. The van der Waals surface area contributed by atoms with Crippen molar-refractivity contribution in [1.29, 1.82) is 0 Å². The van der Waals surface area contributed by atoms with Gasteiger partial charge in [0.15, 0.2) is 11.5 Å². The minimum atomic E-state index is -0.246. The molecular formula is C26H20FN3O2. The highest BCUT2D eigenvalue weighted by Crippen LogP contribution is 2.42. The lowest BCUT2D eigenvalue weighted by Crippen LogP contribution is -2.04. The summed E-state index contributed by atoms with van der Waals surface area (Å²) in [5.74, 6) is 1.16. The van der Waals surface area contributed by atoms with Gasteiger partial charge in [0, 0.05) is 35.3 Å². The van der Waals surface area contributed by atoms with Crippen LogP contribution in [0.5, 0.6) is 11.5 Å². The van der Waals surface area contributed by atoms with Gasteiger partial charge in [-0.1, -0.05) is 24.3 Å². The number of pyridine rings is 1. The summed E-state index contributed by atoms with van der Waals surface area (Å²) in [5, 5.41) is 10.0. The summed E-state index contributed by atoms with van der Waals surface area (Å²) in [7, 11) is 0. The van der Waals surface area contributed by atoms with Gasteiger partial charge in [0.2, 0.25) is 6.79 Å². The second-order valence-electron chi connectivity index (χ2n) is 8.22. The smallest absolute Gasteiger partial charge is 0.231 e. The molecule has 0 fully saturated rings. The van der Waals surface area contributed by atoms with Crippen LogP contribution in [-0.2, 0) is 6.54 Å². The molecule has 3 aliphatic rings. The highest BCUT2D eigenvalue weighted by atomic mass is 19.1. The van der Waals surface area contributed by atoms with Crippen LogP contribution in [0.1, 0.15) is 16.7 Å². The zero-order valence-corrected chi connectivity index (χ0v) is 17.7. The van der Waals surface area contributed by atoms with Gasteiger partial charge in [-0.05, 0) is 54.8 Å². The lowest BCUT2D eigenvalue weighted by molar-refractivity contribution is 0.174. The van der Waals surface area contributed by atoms with Crippen molar-refractivity contribution < 1.29 is 13.9 Å². The maximum absolute atomic E-state index is 13.4. The third-order valence-electron chi connectivity index (χ3n) is 6.15. The fourth-order valence-electron chi connectivity index (χ4n) is 4.24. The molecule has 0 aromatic heterocycles. The molecule has 0 unspecified atom stereocenters. The number of hydrogen-bond acceptors (Lipinski definition) is 4. The maximum atomic E-state index is 13.4. The zero-order chi connectivity index (χ0) is 21.8. The van der Waals surface area contributed by atoms with Crippen molar-refractivity contribution in [3.63, 3.8) is 0 Å². The lowest BCUT2D eigenvalue weighted by Gasteiger charge is -2.16. The molecule has 5 nitrogen and oxygen atoms in total. The highest BCUT2D eigenvalue weighted by Gasteiger charge is 2.24. The van der Waals surface area contributed by atoms with Crippen molar-refractivity contribution >= 4 is 10.9 Å². The fraction of sp³-hybridized carbons (Fsp3) is 0.154. The molecule has 158 valence electrons. The average molecular weight is 425 g/mol. The Morgan fingerprint density at radius 3 is 2.41 bits per heavy atom. The van der Waals surface area contributed by atoms with E-state index in [4.69, 9.17) is 9.47 Å². The Labute approximate surface area is 184 Å². The van der Waals surface area contributed by atoms with Crippen molar-refractivity contribution in [2.24, 2.45) is 0 Å². The number of benzene rings is 3. The summed E-state index contributed by atoms with van der Waals surface area (Å²) in [6.07, 6.45) is 2.08. The Balaban J connectivity index is 1.59. The molecular weight excluding hydrogens is 405 g/mol. The van der Waals surface area contributed by atoms with Crippen LogP contribution in [0.3, 0.4) is 0 Å². The van der Waals surface area contributed by atoms with E-state index in [2.05, 4.69) is 53.0 Å². The zero-order valence-electron chi connectivity index (χ0n) is 17.7. The fourth-order valence-corrected chi connectivity index (χ4v) is 4.24. The van der Waals surface area contributed by atoms with Gasteiger partial charge in [-0.25, -0.2) is 4.39 Å². The van der Waals surface area contributed by atoms with Crippen LogP contribution >= 0.6 is 0 Å². The number of halogens is 1. The summed E-state index contributed by atoms with van der Waals surface area (Å²) in [5.41, 5.74) is 8.06. The standard InChI is InChI=1S/C26H20FN3O2/c1-15-3-6-18(9-16(15)2)25-21-13-30(12-17-4-7-19(27)8-5-17)22-11-24-23(31-14-32-24)10-20(22)26(21)29-28-25/h3-11,13H,12,14H2,1-2H3. The van der Waals surface area contributed by atoms with E-state index in [0.717, 1.165) is 39.0 Å². The Morgan fingerprint density at radius 1 is 0.875 bits per heavy atom. The second kappa shape index (κ2) is 7.05. The molecule has 3 aromatic carbocycles. The number of ether oxygens (including phenoxy) is 2. The molecule has 0 saturated carbocycles. The topological polar surface area (TPSA) is 49.2 Å². The van der Waals surface area contributed by atoms with E-state index in [0.29, 0.717) is 18.0 Å². The first-order chi connectivity index (χ1) is 15.6. The number of nitrogens with zero attached hydrogens (tertiary/aromatic N) is 3. The van der Waals surface area contributed by atoms with Gasteiger partial charge in [0.1, 0.15) is 17.2 Å². The second-order valence-corrected chi connectivity index (χ2v) is 8.22. The van der Waals surface area contributed by atoms with Crippen molar-refractivity contribution in [2.45, 2.75) is 20.4 Å². The molecule has 6 heteroatoms. The first kappa shape index (κ1) is 18.8. The summed E-state index contributed by atoms with van der Waals surface area (Å²) in [4.78, 5) is 0. The molecule has 6 rings (SSSR count). The van der Waals surface area contributed by atoms with Crippen molar-refractivity contribution in [2.75, 3.05) is 6.79 Å². The van der Waals surface area contributed by atoms with Gasteiger partial charge in [-0.15, -0.1) is 10.2 Å². The van der Waals surface area contributed by atoms with E-state index in [1.54, 1.807) is 12.1 Å². The average Bonchev–Trinajstić information content (AvgIpc) is 3.42. The maximum Gasteiger partial charge on any atom is 0.231 e. The summed E-state index contributed by atoms with van der Waals surface area (Å²) < 4.78 is 26.8. The third-order valence-corrected chi connectivity index (χ3v) is 6.15. The Bertz CT molecular complexity index is 1460. The molecule has 0 radical (unpaired) electrons. The van der Waals surface area contributed by atoms with E-state index in [-0.39, 0.29) is 12.6 Å². The Morgan fingerprint density at radius 2 is 1.62 bits per heavy atom. The normalized spacial score (nSPS) is 12.7. The number of aromatic nitrogens is 3. The molecule has 3 heterocycles. The predicted octanol–water partition coefficient (Wildman–Crippen LogP) is 5.74. The predicted molar refractivity (Wildman–Crippen MR) is 121 cm³/mol. The quantitative estimate of drug-likeness (QED) is 0.370. The van der Waals surface area contributed by atoms with E-state index in [1.165, 1.54) is 23.3 Å². The van der Waals surface area contributed by atoms with Gasteiger partial charge >= 0.3 is 0 Å². The first-order valence-electron chi connectivity index (χ1n) is 10.5. The number of hydrogen-bond donors (Lipinski definition) is 0. The van der Waals surface area contributed by atoms with Crippen LogP contribution in [0.15, 0.2) is 60.8 Å². The van der Waals surface area contributed by atoms with Crippen molar-refractivity contribution in [1.82, 2.24) is 14.8 Å². The molecule has 32 heavy (non-hydrogen) atoms. The molecule has 3 aromatic rings. The minimum Gasteiger partial charge on any atom is -0.454 e. The molecule has 0 aliphatic carbocycles. The SMILES string of the molecule is Cc1ccc(-c2nnc3c4cc5c(cc4n(Cc4ccc(F)cc4)cc2-3)OCO5)cc1C. The largest absolute Gasteiger partial charge is 0.454 e. The molecule has 0 atom stereocenters. The van der Waals surface area contributed by atoms with Crippen LogP contribution in [0.25, 0.3) is 33.4 Å². The molecule has 0 saturated heterocycles. The number of aryl methyl sites for hydroxylation is 2. The summed E-state index contributed by atoms with van der Waals surface area (Å²) >= 11 is 0. The van der Waals surface area contributed by atoms with Gasteiger partial charge in [-0.3, -0.25) is 0 Å². The van der Waals surface area contributed by atoms with E-state index < -0.39 is 0 Å². The first-order valence-corrected chi connectivity index (χ1v) is 10.5. The van der Waals surface area contributed by atoms with Gasteiger partial charge in [0.25, 0.3) is 0 Å². The molecule has 3 aliphatic heterocycles. The van der Waals surface area contributed by atoms with Gasteiger partial charge in [-0.2, -0.15) is 0 Å². The monoisotopic (exact) mass is 425 g/mol. The third kappa shape index (κ3) is 2.99. The van der Waals surface area contributed by atoms with E-state index in [1.807, 2.05) is 12.1 Å². The molecule has 0 spiro atoms. The summed E-state index contributed by atoms with van der Waals surface area (Å²) in [6, 6.07) is 16.9. The Kier molecular flexibility index (Phi) is 4.15. The molecule has 0 amide bonds. The highest BCUT2D eigenvalue weighted by molar-refractivity contribution is 5.99. The van der Waals surface area contributed by atoms with Crippen molar-refractivity contribution in [3.05, 3.63) is 83.3 Å². The van der Waals surface area contributed by atoms with Gasteiger partial charge < -0.3 is 14.0 Å². The van der Waals surface area contributed by atoms with Crippen LogP contribution in [-0.4, -0.2) is 21.6 Å². The number of rotatable bonds is 3. The van der Waals surface area contributed by atoms with Crippen LogP contribution in [0, 0.1) is 19.7 Å². The van der Waals surface area contributed by atoms with Gasteiger partial charge in [0.05, 0.1) is 5.52 Å². The van der Waals surface area contributed by atoms with Crippen molar-refractivity contribution in [3.8, 4) is 34.0 Å². The molecule has 0 bridgehead atoms. The van der Waals surface area contributed by atoms with Crippen LogP contribution in [0.2, 0.25) is 0 Å². The van der Waals surface area contributed by atoms with Crippen LogP contribution < -0.4 is 9.47 Å². The lowest BCUT2D eigenvalue weighted by atomic mass is 9.98. The molecule has 0 N–H and O–H groups in total. The van der Waals surface area contributed by atoms with E-state index >= 15 is 0 Å². The number of fused-ring (bicyclic) bond motifs is 4. The van der Waals surface area contributed by atoms with Crippen LogP contribution in [0.4, 0.5) is 4.39 Å². The summed E-state index contributed by atoms with van der Waals surface area (Å²) in [6.45, 7) is 4.97. The van der Waals surface area contributed by atoms with E-state index in [9.17, 15) is 4.39 Å². The minimum absolute atomic E-state index is 0.202.